The summed E-state index contributed by atoms with van der Waals surface area (Å²) in [6.07, 6.45) is 1.75. The van der Waals surface area contributed by atoms with Crippen LogP contribution in [0.15, 0.2) is 23.8 Å². The monoisotopic (exact) mass is 107 g/mol. The van der Waals surface area contributed by atoms with Crippen LogP contribution in [0.5, 0.6) is 0 Å². The fourth-order valence-electron chi connectivity index (χ4n) is 0.406. The van der Waals surface area contributed by atoms with E-state index in [-0.39, 0.29) is 0 Å². The molecule has 42 valence electrons. The second kappa shape index (κ2) is 3.04. The van der Waals surface area contributed by atoms with Gasteiger partial charge in [-0.05, 0) is 19.4 Å². The van der Waals surface area contributed by atoms with E-state index in [4.69, 9.17) is 5.26 Å². The third-order valence-corrected chi connectivity index (χ3v) is 0.869. The van der Waals surface area contributed by atoms with Crippen molar-refractivity contribution in [3.05, 3.63) is 23.8 Å². The standard InChI is InChI=1S/C7H9N/c1-4-7(5-8)6(2)3/h4H,2H2,1,3H3. The van der Waals surface area contributed by atoms with E-state index < -0.39 is 0 Å². The van der Waals surface area contributed by atoms with Crippen molar-refractivity contribution in [2.24, 2.45) is 0 Å². The van der Waals surface area contributed by atoms with Crippen LogP contribution in [0.4, 0.5) is 0 Å². The van der Waals surface area contributed by atoms with Gasteiger partial charge in [0.05, 0.1) is 11.6 Å². The van der Waals surface area contributed by atoms with Crippen LogP contribution in [0.25, 0.3) is 0 Å². The maximum Gasteiger partial charge on any atom is 0.0990 e. The second-order valence-electron chi connectivity index (χ2n) is 1.59. The smallest absolute Gasteiger partial charge is 0.0990 e. The molecule has 0 aliphatic carbocycles. The fraction of sp³-hybridized carbons (Fsp3) is 0.286. The minimum atomic E-state index is 0.671. The summed E-state index contributed by atoms with van der Waals surface area (Å²) in [7, 11) is 0. The van der Waals surface area contributed by atoms with Crippen LogP contribution in [0.3, 0.4) is 0 Å². The molecule has 0 aliphatic heterocycles. The molecule has 0 atom stereocenters. The van der Waals surface area contributed by atoms with Gasteiger partial charge in [-0.2, -0.15) is 5.26 Å². The van der Waals surface area contributed by atoms with E-state index in [1.165, 1.54) is 0 Å². The van der Waals surface area contributed by atoms with E-state index in [9.17, 15) is 0 Å². The lowest BCUT2D eigenvalue weighted by Gasteiger charge is -1.88. The van der Waals surface area contributed by atoms with E-state index in [1.54, 1.807) is 6.08 Å². The van der Waals surface area contributed by atoms with Gasteiger partial charge in [0.1, 0.15) is 0 Å². The Morgan fingerprint density at radius 2 is 2.25 bits per heavy atom. The Balaban J connectivity index is 4.20. The Labute approximate surface area is 49.9 Å². The lowest BCUT2D eigenvalue weighted by Crippen LogP contribution is -1.75. The van der Waals surface area contributed by atoms with Gasteiger partial charge in [0, 0.05) is 0 Å². The molecule has 0 saturated heterocycles. The molecule has 0 rings (SSSR count). The van der Waals surface area contributed by atoms with Gasteiger partial charge in [0.2, 0.25) is 0 Å². The normalized spacial score (nSPS) is 10.4. The highest BCUT2D eigenvalue weighted by atomic mass is 14.2. The summed E-state index contributed by atoms with van der Waals surface area (Å²) in [6, 6.07) is 2.01. The van der Waals surface area contributed by atoms with E-state index >= 15 is 0 Å². The maximum absolute atomic E-state index is 8.32. The highest BCUT2D eigenvalue weighted by Crippen LogP contribution is 2.02. The van der Waals surface area contributed by atoms with Crippen LogP contribution >= 0.6 is 0 Å². The summed E-state index contributed by atoms with van der Waals surface area (Å²) in [5.41, 5.74) is 1.50. The van der Waals surface area contributed by atoms with Gasteiger partial charge in [-0.25, -0.2) is 0 Å². The first-order chi connectivity index (χ1) is 3.72. The summed E-state index contributed by atoms with van der Waals surface area (Å²) in [6.45, 7) is 7.25. The number of allylic oxidation sites excluding steroid dienone is 3. The first kappa shape index (κ1) is 6.97. The molecule has 0 fully saturated rings. The molecule has 8 heavy (non-hydrogen) atoms. The van der Waals surface area contributed by atoms with Crippen molar-refractivity contribution in [3.8, 4) is 6.07 Å². The SMILES string of the molecule is C=C(C)C(C#N)=CC. The second-order valence-corrected chi connectivity index (χ2v) is 1.59. The summed E-state index contributed by atoms with van der Waals surface area (Å²) in [5.74, 6) is 0. The van der Waals surface area contributed by atoms with Crippen molar-refractivity contribution in [2.45, 2.75) is 13.8 Å². The Hall–Kier alpha value is -1.03. The first-order valence-electron chi connectivity index (χ1n) is 2.44. The molecule has 1 heteroatoms. The van der Waals surface area contributed by atoms with Gasteiger partial charge in [0.25, 0.3) is 0 Å². The fourth-order valence-corrected chi connectivity index (χ4v) is 0.406. The third kappa shape index (κ3) is 1.61. The molecular formula is C7H9N. The minimum Gasteiger partial charge on any atom is -0.192 e. The first-order valence-corrected chi connectivity index (χ1v) is 2.44. The largest absolute Gasteiger partial charge is 0.192 e. The van der Waals surface area contributed by atoms with Crippen molar-refractivity contribution >= 4 is 0 Å². The number of hydrogen-bond acceptors (Lipinski definition) is 1. The topological polar surface area (TPSA) is 23.8 Å². The molecule has 0 amide bonds. The number of hydrogen-bond donors (Lipinski definition) is 0. The summed E-state index contributed by atoms with van der Waals surface area (Å²) in [5, 5.41) is 8.32. The lowest BCUT2D eigenvalue weighted by atomic mass is 10.1. The zero-order valence-electron chi connectivity index (χ0n) is 5.23. The summed E-state index contributed by atoms with van der Waals surface area (Å²) >= 11 is 0. The predicted molar refractivity (Wildman–Crippen MR) is 34.2 cm³/mol. The van der Waals surface area contributed by atoms with Crippen LogP contribution in [-0.2, 0) is 0 Å². The molecule has 0 heterocycles. The van der Waals surface area contributed by atoms with E-state index in [0.29, 0.717) is 5.57 Å². The molecule has 0 unspecified atom stereocenters. The predicted octanol–water partition coefficient (Wildman–Crippen LogP) is 2.03. The summed E-state index contributed by atoms with van der Waals surface area (Å²) in [4.78, 5) is 0. The average molecular weight is 107 g/mol. The van der Waals surface area contributed by atoms with Gasteiger partial charge in [-0.1, -0.05) is 12.7 Å². The van der Waals surface area contributed by atoms with Crippen molar-refractivity contribution in [1.82, 2.24) is 0 Å². The van der Waals surface area contributed by atoms with Gasteiger partial charge in [-0.15, -0.1) is 0 Å². The molecular weight excluding hydrogens is 98.1 g/mol. The van der Waals surface area contributed by atoms with Crippen LogP contribution in [0.2, 0.25) is 0 Å². The number of nitrogens with zero attached hydrogens (tertiary/aromatic N) is 1. The highest BCUT2D eigenvalue weighted by Gasteiger charge is 1.89. The zero-order chi connectivity index (χ0) is 6.57. The Bertz CT molecular complexity index is 158. The Morgan fingerprint density at radius 3 is 2.25 bits per heavy atom. The van der Waals surface area contributed by atoms with Crippen LogP contribution in [-0.4, -0.2) is 0 Å². The third-order valence-electron chi connectivity index (χ3n) is 0.869. The van der Waals surface area contributed by atoms with Crippen LogP contribution in [0.1, 0.15) is 13.8 Å². The van der Waals surface area contributed by atoms with Crippen molar-refractivity contribution < 1.29 is 0 Å². The average Bonchev–Trinajstić information content (AvgIpc) is 1.69. The molecule has 0 aromatic carbocycles. The van der Waals surface area contributed by atoms with Crippen molar-refractivity contribution in [2.75, 3.05) is 0 Å². The molecule has 0 aliphatic rings. The Morgan fingerprint density at radius 1 is 1.75 bits per heavy atom. The number of nitriles is 1. The molecule has 0 aromatic heterocycles. The summed E-state index contributed by atoms with van der Waals surface area (Å²) < 4.78 is 0. The molecule has 0 radical (unpaired) electrons. The van der Waals surface area contributed by atoms with Crippen molar-refractivity contribution in [3.63, 3.8) is 0 Å². The quantitative estimate of drug-likeness (QED) is 0.371. The van der Waals surface area contributed by atoms with Gasteiger partial charge >= 0.3 is 0 Å². The van der Waals surface area contributed by atoms with Crippen LogP contribution < -0.4 is 0 Å². The van der Waals surface area contributed by atoms with E-state index in [2.05, 4.69) is 6.58 Å². The molecule has 0 bridgehead atoms. The van der Waals surface area contributed by atoms with Gasteiger partial charge in [0.15, 0.2) is 0 Å². The molecule has 0 N–H and O–H groups in total. The van der Waals surface area contributed by atoms with E-state index in [1.807, 2.05) is 19.9 Å². The highest BCUT2D eigenvalue weighted by molar-refractivity contribution is 5.37. The molecule has 0 aromatic rings. The molecule has 0 spiro atoms. The zero-order valence-corrected chi connectivity index (χ0v) is 5.23. The van der Waals surface area contributed by atoms with Crippen LogP contribution in [0, 0.1) is 11.3 Å². The van der Waals surface area contributed by atoms with E-state index in [0.717, 1.165) is 5.57 Å². The number of rotatable bonds is 1. The lowest BCUT2D eigenvalue weighted by molar-refractivity contribution is 1.40. The van der Waals surface area contributed by atoms with Gasteiger partial charge < -0.3 is 0 Å². The van der Waals surface area contributed by atoms with Crippen molar-refractivity contribution in [1.29, 1.82) is 5.26 Å². The van der Waals surface area contributed by atoms with Gasteiger partial charge in [-0.3, -0.25) is 0 Å². The molecule has 0 saturated carbocycles. The Kier molecular flexibility index (Phi) is 2.64. The maximum atomic E-state index is 8.32. The molecule has 1 nitrogen and oxygen atoms in total. The minimum absolute atomic E-state index is 0.671.